The first-order valence-corrected chi connectivity index (χ1v) is 6.92. The van der Waals surface area contributed by atoms with E-state index in [4.69, 9.17) is 21.1 Å². The predicted octanol–water partition coefficient (Wildman–Crippen LogP) is 3.27. The maximum absolute atomic E-state index is 12.4. The zero-order chi connectivity index (χ0) is 14.8. The molecule has 0 unspecified atom stereocenters. The lowest BCUT2D eigenvalue weighted by atomic mass is 10.1. The summed E-state index contributed by atoms with van der Waals surface area (Å²) in [7, 11) is 1.73. The maximum Gasteiger partial charge on any atom is 0.231 e. The Morgan fingerprint density at radius 2 is 1.95 bits per heavy atom. The molecule has 21 heavy (non-hydrogen) atoms. The normalized spacial score (nSPS) is 12.3. The van der Waals surface area contributed by atoms with Crippen molar-refractivity contribution in [2.45, 2.75) is 6.42 Å². The van der Waals surface area contributed by atoms with Gasteiger partial charge in [-0.25, -0.2) is 0 Å². The molecule has 0 N–H and O–H groups in total. The monoisotopic (exact) mass is 303 g/mol. The van der Waals surface area contributed by atoms with Gasteiger partial charge in [0.25, 0.3) is 0 Å². The summed E-state index contributed by atoms with van der Waals surface area (Å²) in [6.45, 7) is 0.218. The Hall–Kier alpha value is -2.20. The predicted molar refractivity (Wildman–Crippen MR) is 81.1 cm³/mol. The van der Waals surface area contributed by atoms with Gasteiger partial charge in [0, 0.05) is 23.8 Å². The number of benzene rings is 2. The molecule has 0 fully saturated rings. The minimum absolute atomic E-state index is 0.0398. The number of hydrogen-bond acceptors (Lipinski definition) is 3. The van der Waals surface area contributed by atoms with Crippen molar-refractivity contribution < 1.29 is 14.3 Å². The number of fused-ring (bicyclic) bond motifs is 1. The van der Waals surface area contributed by atoms with Crippen LogP contribution in [0.1, 0.15) is 5.56 Å². The maximum atomic E-state index is 12.4. The van der Waals surface area contributed by atoms with Crippen LogP contribution in [0, 0.1) is 0 Å². The average molecular weight is 304 g/mol. The van der Waals surface area contributed by atoms with Crippen molar-refractivity contribution in [3.05, 3.63) is 53.1 Å². The lowest BCUT2D eigenvalue weighted by Crippen LogP contribution is -2.27. The molecule has 0 bridgehead atoms. The summed E-state index contributed by atoms with van der Waals surface area (Å²) in [5, 5.41) is 0.602. The summed E-state index contributed by atoms with van der Waals surface area (Å²) in [6.07, 6.45) is 0.255. The zero-order valence-corrected chi connectivity index (χ0v) is 12.3. The molecule has 0 saturated heterocycles. The van der Waals surface area contributed by atoms with Gasteiger partial charge in [0.2, 0.25) is 12.7 Å². The van der Waals surface area contributed by atoms with Crippen LogP contribution in [0.15, 0.2) is 42.5 Å². The molecule has 108 valence electrons. The quantitative estimate of drug-likeness (QED) is 0.873. The largest absolute Gasteiger partial charge is 0.454 e. The van der Waals surface area contributed by atoms with Gasteiger partial charge in [-0.3, -0.25) is 4.79 Å². The van der Waals surface area contributed by atoms with Crippen molar-refractivity contribution in [1.82, 2.24) is 0 Å². The third kappa shape index (κ3) is 2.81. The Bertz CT molecular complexity index is 687. The highest BCUT2D eigenvalue weighted by Gasteiger charge is 2.18. The molecule has 0 saturated carbocycles. The van der Waals surface area contributed by atoms with E-state index in [-0.39, 0.29) is 19.1 Å². The Kier molecular flexibility index (Phi) is 3.71. The highest BCUT2D eigenvalue weighted by atomic mass is 35.5. The second-order valence-corrected chi connectivity index (χ2v) is 5.17. The van der Waals surface area contributed by atoms with E-state index in [0.29, 0.717) is 16.5 Å². The molecule has 0 aliphatic carbocycles. The second-order valence-electron chi connectivity index (χ2n) is 4.76. The number of anilines is 1. The van der Waals surface area contributed by atoms with Gasteiger partial charge in [-0.1, -0.05) is 29.8 Å². The zero-order valence-electron chi connectivity index (χ0n) is 11.5. The van der Waals surface area contributed by atoms with Crippen molar-refractivity contribution >= 4 is 23.2 Å². The molecule has 5 heteroatoms. The summed E-state index contributed by atoms with van der Waals surface area (Å²) in [6, 6.07) is 12.8. The summed E-state index contributed by atoms with van der Waals surface area (Å²) >= 11 is 6.09. The molecule has 1 aliphatic heterocycles. The van der Waals surface area contributed by atoms with E-state index in [2.05, 4.69) is 0 Å². The fourth-order valence-electron chi connectivity index (χ4n) is 2.16. The van der Waals surface area contributed by atoms with Gasteiger partial charge in [-0.15, -0.1) is 0 Å². The van der Waals surface area contributed by atoms with E-state index in [9.17, 15) is 4.79 Å². The van der Waals surface area contributed by atoms with Crippen LogP contribution >= 0.6 is 11.6 Å². The Morgan fingerprint density at radius 3 is 2.76 bits per heavy atom. The molecule has 0 aromatic heterocycles. The molecule has 2 aromatic rings. The van der Waals surface area contributed by atoms with Crippen LogP contribution in [0.25, 0.3) is 0 Å². The number of halogens is 1. The molecule has 4 nitrogen and oxygen atoms in total. The fraction of sp³-hybridized carbons (Fsp3) is 0.188. The average Bonchev–Trinajstić information content (AvgIpc) is 2.96. The van der Waals surface area contributed by atoms with Crippen LogP contribution in [0.3, 0.4) is 0 Å². The first-order valence-electron chi connectivity index (χ1n) is 6.55. The minimum Gasteiger partial charge on any atom is -0.454 e. The summed E-state index contributed by atoms with van der Waals surface area (Å²) < 4.78 is 10.6. The van der Waals surface area contributed by atoms with Gasteiger partial charge in [0.05, 0.1) is 6.42 Å². The number of nitrogens with zero attached hydrogens (tertiary/aromatic N) is 1. The molecule has 0 spiro atoms. The van der Waals surface area contributed by atoms with Gasteiger partial charge in [0.1, 0.15) is 0 Å². The van der Waals surface area contributed by atoms with Crippen molar-refractivity contribution in [2.24, 2.45) is 0 Å². The van der Waals surface area contributed by atoms with Gasteiger partial charge in [0.15, 0.2) is 11.5 Å². The van der Waals surface area contributed by atoms with Gasteiger partial charge < -0.3 is 14.4 Å². The first-order chi connectivity index (χ1) is 10.1. The van der Waals surface area contributed by atoms with Crippen LogP contribution < -0.4 is 14.4 Å². The number of amides is 1. The number of rotatable bonds is 3. The third-order valence-corrected chi connectivity index (χ3v) is 3.79. The number of ether oxygens (including phenoxy) is 2. The van der Waals surface area contributed by atoms with Crippen molar-refractivity contribution in [3.8, 4) is 11.5 Å². The number of hydrogen-bond donors (Lipinski definition) is 0. The van der Waals surface area contributed by atoms with Crippen LogP contribution in [0.5, 0.6) is 11.5 Å². The Balaban J connectivity index is 1.77. The topological polar surface area (TPSA) is 38.8 Å². The van der Waals surface area contributed by atoms with Gasteiger partial charge in [-0.2, -0.15) is 0 Å². The minimum atomic E-state index is -0.0398. The van der Waals surface area contributed by atoms with Crippen molar-refractivity contribution in [3.63, 3.8) is 0 Å². The SMILES string of the molecule is CN(C(=O)Cc1ccccc1Cl)c1ccc2c(c1)OCO2. The lowest BCUT2D eigenvalue weighted by Gasteiger charge is -2.18. The van der Waals surface area contributed by atoms with Crippen molar-refractivity contribution in [1.29, 1.82) is 0 Å². The summed E-state index contributed by atoms with van der Waals surface area (Å²) in [5.74, 6) is 1.32. The first kappa shape index (κ1) is 13.8. The number of likely N-dealkylation sites (N-methyl/N-ethyl adjacent to an activating group) is 1. The molecule has 1 aliphatic rings. The van der Waals surface area contributed by atoms with E-state index in [1.807, 2.05) is 24.3 Å². The smallest absolute Gasteiger partial charge is 0.231 e. The van der Waals surface area contributed by atoms with Gasteiger partial charge >= 0.3 is 0 Å². The highest BCUT2D eigenvalue weighted by molar-refractivity contribution is 6.31. The third-order valence-electron chi connectivity index (χ3n) is 3.42. The Labute approximate surface area is 127 Å². The number of carbonyl (C=O) groups is 1. The van der Waals surface area contributed by atoms with Crippen molar-refractivity contribution in [2.75, 3.05) is 18.7 Å². The van der Waals surface area contributed by atoms with E-state index < -0.39 is 0 Å². The van der Waals surface area contributed by atoms with Crippen LogP contribution in [0.4, 0.5) is 5.69 Å². The number of carbonyl (C=O) groups excluding carboxylic acids is 1. The molecule has 0 radical (unpaired) electrons. The molecule has 1 amide bonds. The van der Waals surface area contributed by atoms with E-state index >= 15 is 0 Å². The summed E-state index contributed by atoms with van der Waals surface area (Å²) in [4.78, 5) is 13.9. The molecule has 2 aromatic carbocycles. The van der Waals surface area contributed by atoms with Crippen LogP contribution in [-0.4, -0.2) is 19.7 Å². The second kappa shape index (κ2) is 5.66. The van der Waals surface area contributed by atoms with E-state index in [0.717, 1.165) is 11.3 Å². The molecule has 1 heterocycles. The Morgan fingerprint density at radius 1 is 1.19 bits per heavy atom. The molecule has 3 rings (SSSR count). The molecule has 0 atom stereocenters. The lowest BCUT2D eigenvalue weighted by molar-refractivity contribution is -0.117. The highest BCUT2D eigenvalue weighted by Crippen LogP contribution is 2.35. The fourth-order valence-corrected chi connectivity index (χ4v) is 2.36. The summed E-state index contributed by atoms with van der Waals surface area (Å²) in [5.41, 5.74) is 1.58. The van der Waals surface area contributed by atoms with Crippen LogP contribution in [-0.2, 0) is 11.2 Å². The van der Waals surface area contributed by atoms with E-state index in [1.54, 1.807) is 30.1 Å². The van der Waals surface area contributed by atoms with Gasteiger partial charge in [-0.05, 0) is 23.8 Å². The molecular weight excluding hydrogens is 290 g/mol. The standard InChI is InChI=1S/C16H14ClNO3/c1-18(12-6-7-14-15(9-12)21-10-20-14)16(19)8-11-4-2-3-5-13(11)17/h2-7,9H,8,10H2,1H3. The van der Waals surface area contributed by atoms with Crippen LogP contribution in [0.2, 0.25) is 5.02 Å². The van der Waals surface area contributed by atoms with E-state index in [1.165, 1.54) is 0 Å². The molecular formula is C16H14ClNO3.